The highest BCUT2D eigenvalue weighted by Gasteiger charge is 2.30. The number of aromatic nitrogens is 1. The molecule has 5 nitrogen and oxygen atoms in total. The van der Waals surface area contributed by atoms with Crippen molar-refractivity contribution in [2.24, 2.45) is 0 Å². The van der Waals surface area contributed by atoms with E-state index < -0.39 is 0 Å². The Hall–Kier alpha value is -2.08. The molecule has 1 atom stereocenters. The molecule has 1 fully saturated rings. The number of anilines is 1. The number of urea groups is 1. The number of benzene rings is 1. The Morgan fingerprint density at radius 1 is 1.39 bits per heavy atom. The van der Waals surface area contributed by atoms with Crippen LogP contribution in [0.1, 0.15) is 49.1 Å². The minimum absolute atomic E-state index is 0.0525. The summed E-state index contributed by atoms with van der Waals surface area (Å²) in [6, 6.07) is 7.05. The molecule has 6 heteroatoms. The number of carbonyl (C=O) groups is 1. The maximum Gasteiger partial charge on any atom is 0.323 e. The summed E-state index contributed by atoms with van der Waals surface area (Å²) in [5.41, 5.74) is 2.82. The number of aromatic hydroxyl groups is 1. The van der Waals surface area contributed by atoms with E-state index in [1.807, 2.05) is 17.0 Å². The third-order valence-electron chi connectivity index (χ3n) is 4.14. The van der Waals surface area contributed by atoms with Gasteiger partial charge in [-0.3, -0.25) is 5.32 Å². The summed E-state index contributed by atoms with van der Waals surface area (Å²) >= 11 is 1.57. The zero-order valence-corrected chi connectivity index (χ0v) is 14.1. The third-order valence-corrected chi connectivity index (χ3v) is 5.27. The number of phenolic OH excluding ortho intramolecular Hbond substituents is 1. The van der Waals surface area contributed by atoms with E-state index in [1.54, 1.807) is 29.0 Å². The van der Waals surface area contributed by atoms with Crippen molar-refractivity contribution >= 4 is 23.2 Å². The summed E-state index contributed by atoms with van der Waals surface area (Å²) in [4.78, 5) is 19.9. The monoisotopic (exact) mass is 331 g/mol. The topological polar surface area (TPSA) is 65.5 Å². The average molecular weight is 331 g/mol. The second-order valence-corrected chi connectivity index (χ2v) is 6.98. The Balaban J connectivity index is 1.75. The first kappa shape index (κ1) is 15.8. The fourth-order valence-electron chi connectivity index (χ4n) is 2.98. The molecular formula is C17H21N3O2S. The molecule has 0 saturated carbocycles. The van der Waals surface area contributed by atoms with Gasteiger partial charge < -0.3 is 10.0 Å². The molecule has 1 aliphatic heterocycles. The number of likely N-dealkylation sites (tertiary alicyclic amines) is 1. The van der Waals surface area contributed by atoms with Crippen molar-refractivity contribution in [3.05, 3.63) is 40.2 Å². The van der Waals surface area contributed by atoms with Gasteiger partial charge in [-0.25, -0.2) is 9.78 Å². The Kier molecular flexibility index (Phi) is 4.52. The van der Waals surface area contributed by atoms with Crippen molar-refractivity contribution < 1.29 is 9.90 Å². The van der Waals surface area contributed by atoms with E-state index in [4.69, 9.17) is 0 Å². The number of nitrogens with one attached hydrogen (secondary N) is 1. The van der Waals surface area contributed by atoms with Crippen LogP contribution in [-0.4, -0.2) is 27.6 Å². The predicted octanol–water partition coefficient (Wildman–Crippen LogP) is 4.34. The maximum absolute atomic E-state index is 12.7. The van der Waals surface area contributed by atoms with Gasteiger partial charge in [0, 0.05) is 6.54 Å². The SMILES string of the molecule is CC(C)c1scnc1NC(=O)N1CCCC1c1ccc(O)cc1. The van der Waals surface area contributed by atoms with Crippen molar-refractivity contribution in [1.29, 1.82) is 0 Å². The standard InChI is InChI=1S/C17H21N3O2S/c1-11(2)15-16(18-10-23-15)19-17(22)20-9-3-4-14(20)12-5-7-13(21)8-6-12/h5-8,10-11,14,21H,3-4,9H2,1-2H3,(H,19,22). The molecule has 2 amide bonds. The van der Waals surface area contributed by atoms with Gasteiger partial charge in [0.1, 0.15) is 11.6 Å². The van der Waals surface area contributed by atoms with E-state index in [0.717, 1.165) is 29.8 Å². The van der Waals surface area contributed by atoms with Crippen LogP contribution < -0.4 is 5.32 Å². The van der Waals surface area contributed by atoms with Gasteiger partial charge in [0.25, 0.3) is 0 Å². The molecule has 2 aromatic rings. The summed E-state index contributed by atoms with van der Waals surface area (Å²) in [6.45, 7) is 4.93. The molecule has 122 valence electrons. The average Bonchev–Trinajstić information content (AvgIpc) is 3.16. The minimum Gasteiger partial charge on any atom is -0.508 e. The largest absolute Gasteiger partial charge is 0.508 e. The summed E-state index contributed by atoms with van der Waals surface area (Å²) in [5, 5.41) is 12.4. The molecular weight excluding hydrogens is 310 g/mol. The number of nitrogens with zero attached hydrogens (tertiary/aromatic N) is 2. The van der Waals surface area contributed by atoms with Crippen molar-refractivity contribution in [1.82, 2.24) is 9.88 Å². The van der Waals surface area contributed by atoms with Gasteiger partial charge in [-0.15, -0.1) is 11.3 Å². The fourth-order valence-corrected chi connectivity index (χ4v) is 3.74. The summed E-state index contributed by atoms with van der Waals surface area (Å²) in [5.74, 6) is 1.25. The van der Waals surface area contributed by atoms with E-state index in [0.29, 0.717) is 11.7 Å². The lowest BCUT2D eigenvalue weighted by atomic mass is 10.0. The lowest BCUT2D eigenvalue weighted by Gasteiger charge is -2.25. The molecule has 0 aliphatic carbocycles. The zero-order chi connectivity index (χ0) is 16.4. The summed E-state index contributed by atoms with van der Waals surface area (Å²) in [6.07, 6.45) is 1.92. The second-order valence-electron chi connectivity index (χ2n) is 6.09. The fraction of sp³-hybridized carbons (Fsp3) is 0.412. The van der Waals surface area contributed by atoms with Crippen LogP contribution in [0.15, 0.2) is 29.8 Å². The van der Waals surface area contributed by atoms with Crippen LogP contribution in [0, 0.1) is 0 Å². The van der Waals surface area contributed by atoms with Crippen molar-refractivity contribution in [3.63, 3.8) is 0 Å². The molecule has 23 heavy (non-hydrogen) atoms. The van der Waals surface area contributed by atoms with Crippen molar-refractivity contribution in [3.8, 4) is 5.75 Å². The van der Waals surface area contributed by atoms with Gasteiger partial charge in [-0.2, -0.15) is 0 Å². The first-order chi connectivity index (χ1) is 11.1. The van der Waals surface area contributed by atoms with Crippen molar-refractivity contribution in [2.75, 3.05) is 11.9 Å². The molecule has 1 aromatic heterocycles. The van der Waals surface area contributed by atoms with E-state index in [-0.39, 0.29) is 17.8 Å². The highest BCUT2D eigenvalue weighted by atomic mass is 32.1. The first-order valence-electron chi connectivity index (χ1n) is 7.86. The molecule has 1 aliphatic rings. The first-order valence-corrected chi connectivity index (χ1v) is 8.74. The molecule has 2 N–H and O–H groups in total. The summed E-state index contributed by atoms with van der Waals surface area (Å²) < 4.78 is 0. The Labute approximate surface area is 140 Å². The molecule has 0 spiro atoms. The molecule has 1 saturated heterocycles. The van der Waals surface area contributed by atoms with Crippen LogP contribution in [-0.2, 0) is 0 Å². The van der Waals surface area contributed by atoms with Crippen LogP contribution >= 0.6 is 11.3 Å². The third kappa shape index (κ3) is 3.32. The van der Waals surface area contributed by atoms with Crippen LogP contribution in [0.25, 0.3) is 0 Å². The van der Waals surface area contributed by atoms with Gasteiger partial charge in [-0.1, -0.05) is 26.0 Å². The minimum atomic E-state index is -0.103. The van der Waals surface area contributed by atoms with Gasteiger partial charge in [-0.05, 0) is 36.5 Å². The van der Waals surface area contributed by atoms with Gasteiger partial charge in [0.15, 0.2) is 0 Å². The number of hydrogen-bond donors (Lipinski definition) is 2. The quantitative estimate of drug-likeness (QED) is 0.879. The number of amides is 2. The van der Waals surface area contributed by atoms with Crippen LogP contribution in [0.3, 0.4) is 0 Å². The van der Waals surface area contributed by atoms with E-state index in [1.165, 1.54) is 0 Å². The highest BCUT2D eigenvalue weighted by Crippen LogP contribution is 2.34. The van der Waals surface area contributed by atoms with Crippen LogP contribution in [0.4, 0.5) is 10.6 Å². The van der Waals surface area contributed by atoms with E-state index >= 15 is 0 Å². The van der Waals surface area contributed by atoms with E-state index in [2.05, 4.69) is 24.1 Å². The number of carbonyl (C=O) groups excluding carboxylic acids is 1. The smallest absolute Gasteiger partial charge is 0.323 e. The molecule has 0 bridgehead atoms. The number of rotatable bonds is 3. The maximum atomic E-state index is 12.7. The lowest BCUT2D eigenvalue weighted by molar-refractivity contribution is 0.207. The normalized spacial score (nSPS) is 17.7. The van der Waals surface area contributed by atoms with Gasteiger partial charge in [0.05, 0.1) is 16.4 Å². The van der Waals surface area contributed by atoms with E-state index in [9.17, 15) is 9.90 Å². The Morgan fingerprint density at radius 3 is 2.83 bits per heavy atom. The molecule has 0 radical (unpaired) electrons. The lowest BCUT2D eigenvalue weighted by Crippen LogP contribution is -2.34. The number of hydrogen-bond acceptors (Lipinski definition) is 4. The Morgan fingerprint density at radius 2 is 2.13 bits per heavy atom. The van der Waals surface area contributed by atoms with Crippen LogP contribution in [0.5, 0.6) is 5.75 Å². The van der Waals surface area contributed by atoms with Gasteiger partial charge >= 0.3 is 6.03 Å². The second kappa shape index (κ2) is 6.58. The number of phenols is 1. The molecule has 1 unspecified atom stereocenters. The van der Waals surface area contributed by atoms with Crippen LogP contribution in [0.2, 0.25) is 0 Å². The van der Waals surface area contributed by atoms with Gasteiger partial charge in [0.2, 0.25) is 0 Å². The van der Waals surface area contributed by atoms with Crippen molar-refractivity contribution in [2.45, 2.75) is 38.6 Å². The highest BCUT2D eigenvalue weighted by molar-refractivity contribution is 7.10. The zero-order valence-electron chi connectivity index (χ0n) is 13.3. The summed E-state index contributed by atoms with van der Waals surface area (Å²) in [7, 11) is 0. The Bertz CT molecular complexity index is 681. The molecule has 2 heterocycles. The number of thiazole rings is 1. The molecule has 3 rings (SSSR count). The molecule has 1 aromatic carbocycles. The predicted molar refractivity (Wildman–Crippen MR) is 92.0 cm³/mol.